The van der Waals surface area contributed by atoms with Gasteiger partial charge in [0, 0.05) is 6.07 Å². The van der Waals surface area contributed by atoms with E-state index in [9.17, 15) is 4.79 Å². The molecular formula is C18H28O3. The lowest BCUT2D eigenvalue weighted by molar-refractivity contribution is -0.144. The normalized spacial score (nSPS) is 12.1. The number of esters is 1. The highest BCUT2D eigenvalue weighted by atomic mass is 16.5. The van der Waals surface area contributed by atoms with E-state index >= 15 is 0 Å². The van der Waals surface area contributed by atoms with Gasteiger partial charge in [-0.25, -0.2) is 0 Å². The molecule has 1 aromatic rings. The minimum Gasteiger partial charge on any atom is -0.487 e. The van der Waals surface area contributed by atoms with E-state index in [4.69, 9.17) is 9.47 Å². The fraction of sp³-hybridized carbons (Fsp3) is 0.611. The van der Waals surface area contributed by atoms with Crippen LogP contribution in [0.5, 0.6) is 11.5 Å². The van der Waals surface area contributed by atoms with Gasteiger partial charge < -0.3 is 9.47 Å². The molecule has 0 amide bonds. The highest BCUT2D eigenvalue weighted by Gasteiger charge is 2.28. The smallest absolute Gasteiger partial charge is 0.316 e. The second-order valence-electron chi connectivity index (χ2n) is 6.36. The number of rotatable bonds is 7. The van der Waals surface area contributed by atoms with E-state index in [1.54, 1.807) is 12.1 Å². The Bertz CT molecular complexity index is 473. The minimum absolute atomic E-state index is 0.189. The SMILES string of the molecule is CCC(C)(CC)Oc1cccc(OC(=O)C(C)(C)CC)c1. The second-order valence-corrected chi connectivity index (χ2v) is 6.36. The average Bonchev–Trinajstić information content (AvgIpc) is 2.47. The van der Waals surface area contributed by atoms with Crippen LogP contribution in [0.2, 0.25) is 0 Å². The van der Waals surface area contributed by atoms with Gasteiger partial charge in [-0.15, -0.1) is 0 Å². The van der Waals surface area contributed by atoms with Crippen LogP contribution < -0.4 is 9.47 Å². The number of carbonyl (C=O) groups is 1. The minimum atomic E-state index is -0.474. The summed E-state index contributed by atoms with van der Waals surface area (Å²) in [5.74, 6) is 1.06. The Morgan fingerprint density at radius 1 is 1.00 bits per heavy atom. The van der Waals surface area contributed by atoms with E-state index in [0.29, 0.717) is 5.75 Å². The quantitative estimate of drug-likeness (QED) is 0.525. The molecule has 0 bridgehead atoms. The summed E-state index contributed by atoms with van der Waals surface area (Å²) in [5.41, 5.74) is -0.663. The first-order valence-corrected chi connectivity index (χ1v) is 7.77. The summed E-state index contributed by atoms with van der Waals surface area (Å²) in [6.07, 6.45) is 2.60. The maximum absolute atomic E-state index is 12.1. The van der Waals surface area contributed by atoms with Crippen LogP contribution in [-0.4, -0.2) is 11.6 Å². The van der Waals surface area contributed by atoms with E-state index in [0.717, 1.165) is 25.0 Å². The van der Waals surface area contributed by atoms with Crippen molar-refractivity contribution in [2.75, 3.05) is 0 Å². The number of hydrogen-bond donors (Lipinski definition) is 0. The molecule has 0 aliphatic carbocycles. The van der Waals surface area contributed by atoms with Crippen LogP contribution in [0.4, 0.5) is 0 Å². The number of hydrogen-bond acceptors (Lipinski definition) is 3. The van der Waals surface area contributed by atoms with Crippen molar-refractivity contribution in [3.63, 3.8) is 0 Å². The Hall–Kier alpha value is -1.51. The van der Waals surface area contributed by atoms with Crippen LogP contribution in [-0.2, 0) is 4.79 Å². The highest BCUT2D eigenvalue weighted by Crippen LogP contribution is 2.29. The van der Waals surface area contributed by atoms with Crippen molar-refractivity contribution in [2.24, 2.45) is 5.41 Å². The Labute approximate surface area is 128 Å². The lowest BCUT2D eigenvalue weighted by Crippen LogP contribution is -2.30. The standard InChI is InChI=1S/C18H28O3/c1-7-17(4,5)16(19)20-14-11-10-12-15(13-14)21-18(6,8-2)9-3/h10-13H,7-9H2,1-6H3. The van der Waals surface area contributed by atoms with E-state index in [-0.39, 0.29) is 11.6 Å². The topological polar surface area (TPSA) is 35.5 Å². The molecule has 0 atom stereocenters. The summed E-state index contributed by atoms with van der Waals surface area (Å²) in [6, 6.07) is 7.31. The summed E-state index contributed by atoms with van der Waals surface area (Å²) in [6.45, 7) is 12.1. The zero-order chi connectivity index (χ0) is 16.1. The van der Waals surface area contributed by atoms with E-state index in [1.807, 2.05) is 32.9 Å². The van der Waals surface area contributed by atoms with E-state index < -0.39 is 5.41 Å². The van der Waals surface area contributed by atoms with Crippen LogP contribution in [0.3, 0.4) is 0 Å². The molecule has 1 aromatic carbocycles. The molecule has 0 N–H and O–H groups in total. The lowest BCUT2D eigenvalue weighted by atomic mass is 9.91. The molecular weight excluding hydrogens is 264 g/mol. The molecule has 118 valence electrons. The van der Waals surface area contributed by atoms with Crippen LogP contribution >= 0.6 is 0 Å². The average molecular weight is 292 g/mol. The zero-order valence-corrected chi connectivity index (χ0v) is 14.2. The molecule has 0 saturated heterocycles. The molecule has 0 aliphatic heterocycles. The third-order valence-electron chi connectivity index (χ3n) is 4.31. The first-order chi connectivity index (χ1) is 9.76. The first-order valence-electron chi connectivity index (χ1n) is 7.77. The van der Waals surface area contributed by atoms with Gasteiger partial charge in [-0.3, -0.25) is 4.79 Å². The van der Waals surface area contributed by atoms with Crippen molar-refractivity contribution in [1.82, 2.24) is 0 Å². The Balaban J connectivity index is 2.84. The predicted molar refractivity (Wildman–Crippen MR) is 85.8 cm³/mol. The van der Waals surface area contributed by atoms with Crippen LogP contribution in [0, 0.1) is 5.41 Å². The molecule has 21 heavy (non-hydrogen) atoms. The highest BCUT2D eigenvalue weighted by molar-refractivity contribution is 5.78. The van der Waals surface area contributed by atoms with Gasteiger partial charge in [0.1, 0.15) is 17.1 Å². The van der Waals surface area contributed by atoms with Gasteiger partial charge in [0.05, 0.1) is 5.41 Å². The van der Waals surface area contributed by atoms with Gasteiger partial charge in [0.15, 0.2) is 0 Å². The van der Waals surface area contributed by atoms with E-state index in [1.165, 1.54) is 0 Å². The fourth-order valence-corrected chi connectivity index (χ4v) is 1.67. The van der Waals surface area contributed by atoms with Crippen LogP contribution in [0.15, 0.2) is 24.3 Å². The van der Waals surface area contributed by atoms with Gasteiger partial charge in [0.25, 0.3) is 0 Å². The van der Waals surface area contributed by atoms with E-state index in [2.05, 4.69) is 20.8 Å². The number of benzene rings is 1. The summed E-state index contributed by atoms with van der Waals surface area (Å²) < 4.78 is 11.5. The van der Waals surface area contributed by atoms with Gasteiger partial charge in [-0.1, -0.05) is 26.8 Å². The van der Waals surface area contributed by atoms with Crippen molar-refractivity contribution >= 4 is 5.97 Å². The molecule has 0 radical (unpaired) electrons. The maximum Gasteiger partial charge on any atom is 0.316 e. The van der Waals surface area contributed by atoms with Crippen molar-refractivity contribution < 1.29 is 14.3 Å². The summed E-state index contributed by atoms with van der Waals surface area (Å²) in [5, 5.41) is 0. The first kappa shape index (κ1) is 17.5. The Morgan fingerprint density at radius 3 is 2.10 bits per heavy atom. The van der Waals surface area contributed by atoms with Gasteiger partial charge >= 0.3 is 5.97 Å². The number of carbonyl (C=O) groups excluding carboxylic acids is 1. The van der Waals surface area contributed by atoms with Crippen molar-refractivity contribution in [3.05, 3.63) is 24.3 Å². The maximum atomic E-state index is 12.1. The summed E-state index contributed by atoms with van der Waals surface area (Å²) in [4.78, 5) is 12.1. The zero-order valence-electron chi connectivity index (χ0n) is 14.2. The summed E-state index contributed by atoms with van der Waals surface area (Å²) >= 11 is 0. The molecule has 0 spiro atoms. The van der Waals surface area contributed by atoms with Gasteiger partial charge in [-0.05, 0) is 52.2 Å². The molecule has 0 fully saturated rings. The Kier molecular flexibility index (Phi) is 5.82. The second kappa shape index (κ2) is 6.97. The molecule has 3 heteroatoms. The van der Waals surface area contributed by atoms with Crippen LogP contribution in [0.1, 0.15) is 60.8 Å². The third kappa shape index (κ3) is 4.76. The Morgan fingerprint density at radius 2 is 1.57 bits per heavy atom. The molecule has 0 saturated carbocycles. The van der Waals surface area contributed by atoms with Crippen LogP contribution in [0.25, 0.3) is 0 Å². The molecule has 0 aromatic heterocycles. The molecule has 0 heterocycles. The molecule has 3 nitrogen and oxygen atoms in total. The predicted octanol–water partition coefficient (Wildman–Crippen LogP) is 4.99. The lowest BCUT2D eigenvalue weighted by Gasteiger charge is -2.28. The van der Waals surface area contributed by atoms with Crippen molar-refractivity contribution in [3.8, 4) is 11.5 Å². The molecule has 1 rings (SSSR count). The van der Waals surface area contributed by atoms with Crippen molar-refractivity contribution in [2.45, 2.75) is 66.4 Å². The van der Waals surface area contributed by atoms with Gasteiger partial charge in [0.2, 0.25) is 0 Å². The number of ether oxygens (including phenoxy) is 2. The largest absolute Gasteiger partial charge is 0.487 e. The molecule has 0 unspecified atom stereocenters. The third-order valence-corrected chi connectivity index (χ3v) is 4.31. The molecule has 0 aliphatic rings. The van der Waals surface area contributed by atoms with Gasteiger partial charge in [-0.2, -0.15) is 0 Å². The fourth-order valence-electron chi connectivity index (χ4n) is 1.67. The summed E-state index contributed by atoms with van der Waals surface area (Å²) in [7, 11) is 0. The van der Waals surface area contributed by atoms with Crippen molar-refractivity contribution in [1.29, 1.82) is 0 Å². The monoisotopic (exact) mass is 292 g/mol.